The number of nitrogens with zero attached hydrogens (tertiary/aromatic N) is 2. The number of nitrogens with one attached hydrogen (secondary N) is 1. The maximum Gasteiger partial charge on any atom is 0.307 e. The van der Waals surface area contributed by atoms with Gasteiger partial charge in [0.25, 0.3) is 5.91 Å². The van der Waals surface area contributed by atoms with Gasteiger partial charge in [-0.05, 0) is 48.0 Å². The van der Waals surface area contributed by atoms with Crippen LogP contribution in [0.4, 0.5) is 5.69 Å². The quantitative estimate of drug-likeness (QED) is 0.544. The molecule has 0 aliphatic heterocycles. The van der Waals surface area contributed by atoms with Crippen LogP contribution in [0, 0.1) is 0 Å². The average molecular weight is 357 g/mol. The van der Waals surface area contributed by atoms with Gasteiger partial charge in [-0.1, -0.05) is 24.3 Å². The van der Waals surface area contributed by atoms with Gasteiger partial charge in [-0.15, -0.1) is 0 Å². The average Bonchev–Trinajstić information content (AvgIpc) is 2.67. The van der Waals surface area contributed by atoms with Crippen LogP contribution in [-0.4, -0.2) is 27.0 Å². The molecule has 0 aliphatic carbocycles. The summed E-state index contributed by atoms with van der Waals surface area (Å²) in [4.78, 5) is 32.4. The summed E-state index contributed by atoms with van der Waals surface area (Å²) in [6.07, 6.45) is -0.0501. The van der Waals surface area contributed by atoms with Crippen molar-refractivity contribution in [2.45, 2.75) is 6.42 Å². The lowest BCUT2D eigenvalue weighted by Crippen LogP contribution is -2.12. The second kappa shape index (κ2) is 6.84. The van der Waals surface area contributed by atoms with E-state index < -0.39 is 5.97 Å². The summed E-state index contributed by atoms with van der Waals surface area (Å²) in [5.41, 5.74) is 4.70. The van der Waals surface area contributed by atoms with Crippen LogP contribution in [-0.2, 0) is 11.2 Å². The number of carbonyl (C=O) groups excluding carboxylic acids is 1. The monoisotopic (exact) mass is 357 g/mol. The lowest BCUT2D eigenvalue weighted by Gasteiger charge is -2.07. The smallest absolute Gasteiger partial charge is 0.307 e. The van der Waals surface area contributed by atoms with E-state index in [4.69, 9.17) is 5.11 Å². The number of aromatic nitrogens is 2. The van der Waals surface area contributed by atoms with E-state index in [2.05, 4.69) is 15.3 Å². The molecule has 0 spiro atoms. The van der Waals surface area contributed by atoms with Crippen molar-refractivity contribution in [2.75, 3.05) is 5.32 Å². The van der Waals surface area contributed by atoms with Gasteiger partial charge in [-0.25, -0.2) is 9.97 Å². The fraction of sp³-hybridized carbons (Fsp3) is 0.0476. The summed E-state index contributed by atoms with van der Waals surface area (Å²) in [6.45, 7) is 0. The lowest BCUT2D eigenvalue weighted by molar-refractivity contribution is -0.136. The van der Waals surface area contributed by atoms with Crippen LogP contribution in [0.25, 0.3) is 22.1 Å². The molecule has 1 heterocycles. The SMILES string of the molecule is O=C(O)Cc1ccc(NC(=O)c2ccc3nc4ccccc4nc3c2)cc1. The summed E-state index contributed by atoms with van der Waals surface area (Å²) >= 11 is 0. The first-order chi connectivity index (χ1) is 13.1. The summed E-state index contributed by atoms with van der Waals surface area (Å²) in [5, 5.41) is 11.6. The molecule has 2 N–H and O–H groups in total. The van der Waals surface area contributed by atoms with E-state index in [9.17, 15) is 9.59 Å². The molecule has 6 heteroatoms. The number of carboxylic acids is 1. The second-order valence-corrected chi connectivity index (χ2v) is 6.14. The number of fused-ring (bicyclic) bond motifs is 2. The number of aliphatic carboxylic acids is 1. The third-order valence-corrected chi connectivity index (χ3v) is 4.17. The van der Waals surface area contributed by atoms with Crippen LogP contribution in [0.5, 0.6) is 0 Å². The molecule has 0 atom stereocenters. The Bertz CT molecular complexity index is 1170. The molecule has 0 saturated heterocycles. The van der Waals surface area contributed by atoms with Crippen molar-refractivity contribution in [3.8, 4) is 0 Å². The van der Waals surface area contributed by atoms with Gasteiger partial charge in [0.2, 0.25) is 0 Å². The van der Waals surface area contributed by atoms with Gasteiger partial charge in [0.05, 0.1) is 28.5 Å². The molecule has 4 aromatic rings. The van der Waals surface area contributed by atoms with E-state index in [0.29, 0.717) is 22.3 Å². The second-order valence-electron chi connectivity index (χ2n) is 6.14. The molecule has 3 aromatic carbocycles. The van der Waals surface area contributed by atoms with Crippen molar-refractivity contribution in [3.05, 3.63) is 77.9 Å². The highest BCUT2D eigenvalue weighted by atomic mass is 16.4. The highest BCUT2D eigenvalue weighted by molar-refractivity contribution is 6.06. The molecule has 132 valence electrons. The molecule has 1 aromatic heterocycles. The van der Waals surface area contributed by atoms with Crippen molar-refractivity contribution >= 4 is 39.6 Å². The van der Waals surface area contributed by atoms with E-state index in [1.165, 1.54) is 0 Å². The lowest BCUT2D eigenvalue weighted by atomic mass is 10.1. The van der Waals surface area contributed by atoms with Crippen LogP contribution in [0.1, 0.15) is 15.9 Å². The number of para-hydroxylation sites is 2. The largest absolute Gasteiger partial charge is 0.481 e. The minimum absolute atomic E-state index is 0.0501. The minimum atomic E-state index is -0.892. The van der Waals surface area contributed by atoms with Crippen LogP contribution < -0.4 is 5.32 Å². The molecule has 0 radical (unpaired) electrons. The number of carbonyl (C=O) groups is 2. The molecule has 0 saturated carbocycles. The van der Waals surface area contributed by atoms with Crippen LogP contribution in [0.2, 0.25) is 0 Å². The van der Waals surface area contributed by atoms with Gasteiger partial charge in [-0.3, -0.25) is 9.59 Å². The molecule has 0 fully saturated rings. The Hall–Kier alpha value is -3.80. The maximum atomic E-state index is 12.5. The molecule has 0 unspecified atom stereocenters. The summed E-state index contributed by atoms with van der Waals surface area (Å²) in [5.74, 6) is -1.16. The molecule has 27 heavy (non-hydrogen) atoms. The van der Waals surface area contributed by atoms with E-state index in [-0.39, 0.29) is 12.3 Å². The highest BCUT2D eigenvalue weighted by Crippen LogP contribution is 2.18. The first-order valence-corrected chi connectivity index (χ1v) is 8.37. The normalized spacial score (nSPS) is 10.8. The van der Waals surface area contributed by atoms with Crippen molar-refractivity contribution in [1.82, 2.24) is 9.97 Å². The number of carboxylic acid groups (broad SMARTS) is 1. The fourth-order valence-corrected chi connectivity index (χ4v) is 2.85. The Labute approximate surface area is 154 Å². The minimum Gasteiger partial charge on any atom is -0.481 e. The van der Waals surface area contributed by atoms with Gasteiger partial charge >= 0.3 is 5.97 Å². The van der Waals surface area contributed by atoms with Gasteiger partial charge in [0.1, 0.15) is 0 Å². The summed E-state index contributed by atoms with van der Waals surface area (Å²) in [7, 11) is 0. The number of amides is 1. The molecular weight excluding hydrogens is 342 g/mol. The van der Waals surface area contributed by atoms with E-state index in [1.807, 2.05) is 24.3 Å². The number of benzene rings is 3. The van der Waals surface area contributed by atoms with Gasteiger partial charge in [-0.2, -0.15) is 0 Å². The molecular formula is C21H15N3O3. The number of hydrogen-bond donors (Lipinski definition) is 2. The van der Waals surface area contributed by atoms with E-state index in [0.717, 1.165) is 16.6 Å². The van der Waals surface area contributed by atoms with Crippen molar-refractivity contribution in [1.29, 1.82) is 0 Å². The van der Waals surface area contributed by atoms with Crippen molar-refractivity contribution in [2.24, 2.45) is 0 Å². The Morgan fingerprint density at radius 1 is 0.815 bits per heavy atom. The summed E-state index contributed by atoms with van der Waals surface area (Å²) in [6, 6.07) is 19.5. The number of anilines is 1. The number of hydrogen-bond acceptors (Lipinski definition) is 4. The highest BCUT2D eigenvalue weighted by Gasteiger charge is 2.09. The van der Waals surface area contributed by atoms with E-state index in [1.54, 1.807) is 42.5 Å². The van der Waals surface area contributed by atoms with Gasteiger partial charge < -0.3 is 10.4 Å². The van der Waals surface area contributed by atoms with Gasteiger partial charge in [0.15, 0.2) is 0 Å². The van der Waals surface area contributed by atoms with Crippen molar-refractivity contribution < 1.29 is 14.7 Å². The Morgan fingerprint density at radius 2 is 1.44 bits per heavy atom. The Kier molecular flexibility index (Phi) is 4.22. The predicted molar refractivity (Wildman–Crippen MR) is 103 cm³/mol. The zero-order valence-corrected chi connectivity index (χ0v) is 14.2. The number of rotatable bonds is 4. The maximum absolute atomic E-state index is 12.5. The Morgan fingerprint density at radius 3 is 2.11 bits per heavy atom. The van der Waals surface area contributed by atoms with Crippen LogP contribution in [0.3, 0.4) is 0 Å². The van der Waals surface area contributed by atoms with Crippen LogP contribution in [0.15, 0.2) is 66.7 Å². The fourth-order valence-electron chi connectivity index (χ4n) is 2.85. The Balaban J connectivity index is 1.58. The zero-order chi connectivity index (χ0) is 18.8. The first-order valence-electron chi connectivity index (χ1n) is 8.37. The standard InChI is InChI=1S/C21H15N3O3/c25-20(26)11-13-5-8-15(9-6-13)22-21(27)14-7-10-18-19(12-14)24-17-4-2-1-3-16(17)23-18/h1-10,12H,11H2,(H,22,27)(H,25,26). The topological polar surface area (TPSA) is 92.2 Å². The van der Waals surface area contributed by atoms with Crippen molar-refractivity contribution in [3.63, 3.8) is 0 Å². The zero-order valence-electron chi connectivity index (χ0n) is 14.2. The molecule has 4 rings (SSSR count). The third kappa shape index (κ3) is 3.59. The van der Waals surface area contributed by atoms with E-state index >= 15 is 0 Å². The molecule has 0 aliphatic rings. The third-order valence-electron chi connectivity index (χ3n) is 4.17. The summed E-state index contributed by atoms with van der Waals surface area (Å²) < 4.78 is 0. The molecule has 0 bridgehead atoms. The predicted octanol–water partition coefficient (Wildman–Crippen LogP) is 3.66. The van der Waals surface area contributed by atoms with Crippen LogP contribution >= 0.6 is 0 Å². The molecule has 1 amide bonds. The van der Waals surface area contributed by atoms with Gasteiger partial charge in [0, 0.05) is 11.3 Å². The molecule has 6 nitrogen and oxygen atoms in total. The first kappa shape index (κ1) is 16.7.